The van der Waals surface area contributed by atoms with E-state index >= 15 is 0 Å². The van der Waals surface area contributed by atoms with Gasteiger partial charge in [0.1, 0.15) is 0 Å². The number of halogens is 1. The highest BCUT2D eigenvalue weighted by Gasteiger charge is 2.15. The molecular formula is C12H15BrN2O3. The van der Waals surface area contributed by atoms with E-state index in [4.69, 9.17) is 4.74 Å². The van der Waals surface area contributed by atoms with Gasteiger partial charge in [-0.3, -0.25) is 10.1 Å². The fourth-order valence-corrected chi connectivity index (χ4v) is 2.50. The van der Waals surface area contributed by atoms with Crippen molar-refractivity contribution in [2.75, 3.05) is 25.1 Å². The molecule has 18 heavy (non-hydrogen) atoms. The molecule has 1 N–H and O–H groups in total. The second-order valence-electron chi connectivity index (χ2n) is 4.36. The van der Waals surface area contributed by atoms with Crippen molar-refractivity contribution in [2.24, 2.45) is 5.92 Å². The summed E-state index contributed by atoms with van der Waals surface area (Å²) < 4.78 is 5.81. The molecule has 0 aliphatic carbocycles. The summed E-state index contributed by atoms with van der Waals surface area (Å²) in [5.41, 5.74) is 0.991. The van der Waals surface area contributed by atoms with Crippen LogP contribution in [0, 0.1) is 16.0 Å². The van der Waals surface area contributed by atoms with E-state index in [-0.39, 0.29) is 5.69 Å². The Balaban J connectivity index is 1.93. The van der Waals surface area contributed by atoms with Crippen molar-refractivity contribution >= 4 is 27.3 Å². The number of benzene rings is 1. The Labute approximate surface area is 114 Å². The van der Waals surface area contributed by atoms with Crippen molar-refractivity contribution < 1.29 is 9.66 Å². The molecule has 1 saturated heterocycles. The number of nitro groups is 1. The van der Waals surface area contributed by atoms with Crippen molar-refractivity contribution in [3.05, 3.63) is 32.8 Å². The van der Waals surface area contributed by atoms with E-state index in [1.807, 2.05) is 0 Å². The average molecular weight is 315 g/mol. The van der Waals surface area contributed by atoms with Crippen LogP contribution >= 0.6 is 15.9 Å². The maximum absolute atomic E-state index is 10.7. The molecule has 0 spiro atoms. The van der Waals surface area contributed by atoms with Crippen molar-refractivity contribution in [3.63, 3.8) is 0 Å². The van der Waals surface area contributed by atoms with Gasteiger partial charge in [-0.2, -0.15) is 0 Å². The van der Waals surface area contributed by atoms with Crippen molar-refractivity contribution in [2.45, 2.75) is 12.8 Å². The van der Waals surface area contributed by atoms with Gasteiger partial charge in [-0.25, -0.2) is 0 Å². The number of nitro benzene ring substituents is 1. The van der Waals surface area contributed by atoms with Gasteiger partial charge in [-0.15, -0.1) is 0 Å². The molecule has 1 fully saturated rings. The van der Waals surface area contributed by atoms with Crippen LogP contribution in [0.25, 0.3) is 0 Å². The lowest BCUT2D eigenvalue weighted by molar-refractivity contribution is -0.385. The van der Waals surface area contributed by atoms with Crippen LogP contribution in [-0.2, 0) is 4.74 Å². The quantitative estimate of drug-likeness (QED) is 0.684. The topological polar surface area (TPSA) is 64.4 Å². The number of nitrogens with zero attached hydrogens (tertiary/aromatic N) is 1. The van der Waals surface area contributed by atoms with Crippen LogP contribution in [0.15, 0.2) is 22.7 Å². The van der Waals surface area contributed by atoms with Crippen molar-refractivity contribution in [1.29, 1.82) is 0 Å². The molecule has 0 bridgehead atoms. The van der Waals surface area contributed by atoms with E-state index in [9.17, 15) is 10.1 Å². The maximum atomic E-state index is 10.7. The molecule has 1 aliphatic heterocycles. The summed E-state index contributed by atoms with van der Waals surface area (Å²) in [5.74, 6) is 0.618. The Bertz CT molecular complexity index is 433. The molecule has 0 unspecified atom stereocenters. The molecule has 1 aromatic rings. The summed E-state index contributed by atoms with van der Waals surface area (Å²) in [6.07, 6.45) is 2.14. The van der Waals surface area contributed by atoms with Gasteiger partial charge < -0.3 is 10.1 Å². The van der Waals surface area contributed by atoms with Crippen molar-refractivity contribution in [1.82, 2.24) is 0 Å². The minimum atomic E-state index is -0.396. The van der Waals surface area contributed by atoms with E-state index in [0.717, 1.165) is 38.3 Å². The van der Waals surface area contributed by atoms with Crippen LogP contribution in [0.3, 0.4) is 0 Å². The molecular weight excluding hydrogens is 300 g/mol. The molecule has 5 nitrogen and oxygen atoms in total. The molecule has 1 aromatic carbocycles. The first-order valence-electron chi connectivity index (χ1n) is 5.92. The second kappa shape index (κ2) is 6.15. The number of nitrogens with one attached hydrogen (secondary N) is 1. The summed E-state index contributed by atoms with van der Waals surface area (Å²) in [5, 5.41) is 14.0. The van der Waals surface area contributed by atoms with Crippen molar-refractivity contribution in [3.8, 4) is 0 Å². The van der Waals surface area contributed by atoms with Gasteiger partial charge in [0.25, 0.3) is 5.69 Å². The van der Waals surface area contributed by atoms with Gasteiger partial charge in [-0.1, -0.05) is 0 Å². The summed E-state index contributed by atoms with van der Waals surface area (Å²) in [4.78, 5) is 10.3. The lowest BCUT2D eigenvalue weighted by Crippen LogP contribution is -2.22. The van der Waals surface area contributed by atoms with Gasteiger partial charge in [0, 0.05) is 31.5 Å². The van der Waals surface area contributed by atoms with Gasteiger partial charge in [0.15, 0.2) is 0 Å². The molecule has 0 amide bonds. The SMILES string of the molecule is O=[N+]([O-])c1ccc(NCC2CCOCC2)cc1Br. The fourth-order valence-electron chi connectivity index (χ4n) is 1.98. The Hall–Kier alpha value is -1.14. The molecule has 1 heterocycles. The smallest absolute Gasteiger partial charge is 0.283 e. The van der Waals surface area contributed by atoms with Gasteiger partial charge >= 0.3 is 0 Å². The molecule has 0 saturated carbocycles. The average Bonchev–Trinajstić information content (AvgIpc) is 2.37. The van der Waals surface area contributed by atoms with E-state index in [1.54, 1.807) is 12.1 Å². The first-order chi connectivity index (χ1) is 8.66. The summed E-state index contributed by atoms with van der Waals surface area (Å²) in [6.45, 7) is 2.54. The number of hydrogen-bond donors (Lipinski definition) is 1. The monoisotopic (exact) mass is 314 g/mol. The first kappa shape index (κ1) is 13.3. The molecule has 1 aliphatic rings. The minimum absolute atomic E-state index is 0.0895. The van der Waals surface area contributed by atoms with Gasteiger partial charge in [-0.05, 0) is 46.8 Å². The largest absolute Gasteiger partial charge is 0.385 e. The van der Waals surface area contributed by atoms with Crippen LogP contribution in [-0.4, -0.2) is 24.7 Å². The number of hydrogen-bond acceptors (Lipinski definition) is 4. The standard InChI is InChI=1S/C12H15BrN2O3/c13-11-7-10(1-2-12(11)15(16)17)14-8-9-3-5-18-6-4-9/h1-2,7,9,14H,3-6,8H2. The molecule has 98 valence electrons. The maximum Gasteiger partial charge on any atom is 0.283 e. The third kappa shape index (κ3) is 3.43. The Kier molecular flexibility index (Phi) is 4.54. The van der Waals surface area contributed by atoms with Crippen LogP contribution in [0.1, 0.15) is 12.8 Å². The van der Waals surface area contributed by atoms with Gasteiger partial charge in [0.2, 0.25) is 0 Å². The lowest BCUT2D eigenvalue weighted by atomic mass is 10.0. The Morgan fingerprint density at radius 2 is 2.17 bits per heavy atom. The van der Waals surface area contributed by atoms with Crippen LogP contribution in [0.4, 0.5) is 11.4 Å². The zero-order valence-electron chi connectivity index (χ0n) is 9.89. The second-order valence-corrected chi connectivity index (χ2v) is 5.21. The van der Waals surface area contributed by atoms with E-state index in [0.29, 0.717) is 10.4 Å². The third-order valence-corrected chi connectivity index (χ3v) is 3.72. The zero-order valence-corrected chi connectivity index (χ0v) is 11.5. The Morgan fingerprint density at radius 1 is 1.44 bits per heavy atom. The molecule has 0 radical (unpaired) electrons. The first-order valence-corrected chi connectivity index (χ1v) is 6.71. The van der Waals surface area contributed by atoms with Crippen LogP contribution in [0.5, 0.6) is 0 Å². The van der Waals surface area contributed by atoms with E-state index < -0.39 is 4.92 Å². The zero-order chi connectivity index (χ0) is 13.0. The number of rotatable bonds is 4. The predicted molar refractivity (Wildman–Crippen MR) is 72.8 cm³/mol. The summed E-state index contributed by atoms with van der Waals surface area (Å²) in [7, 11) is 0. The highest BCUT2D eigenvalue weighted by atomic mass is 79.9. The highest BCUT2D eigenvalue weighted by molar-refractivity contribution is 9.10. The lowest BCUT2D eigenvalue weighted by Gasteiger charge is -2.22. The normalized spacial score (nSPS) is 16.5. The van der Waals surface area contributed by atoms with E-state index in [2.05, 4.69) is 21.2 Å². The number of ether oxygens (including phenoxy) is 1. The van der Waals surface area contributed by atoms with Crippen LogP contribution in [0.2, 0.25) is 0 Å². The van der Waals surface area contributed by atoms with E-state index in [1.165, 1.54) is 6.07 Å². The molecule has 0 aromatic heterocycles. The summed E-state index contributed by atoms with van der Waals surface area (Å²) in [6, 6.07) is 5.00. The molecule has 0 atom stereocenters. The fraction of sp³-hybridized carbons (Fsp3) is 0.500. The molecule has 6 heteroatoms. The third-order valence-electron chi connectivity index (χ3n) is 3.08. The summed E-state index contributed by atoms with van der Waals surface area (Å²) >= 11 is 3.21. The number of anilines is 1. The molecule has 2 rings (SSSR count). The highest BCUT2D eigenvalue weighted by Crippen LogP contribution is 2.28. The predicted octanol–water partition coefficient (Wildman–Crippen LogP) is 3.20. The van der Waals surface area contributed by atoms with Crippen LogP contribution < -0.4 is 5.32 Å². The van der Waals surface area contributed by atoms with Gasteiger partial charge in [0.05, 0.1) is 9.40 Å². The minimum Gasteiger partial charge on any atom is -0.385 e. The Morgan fingerprint density at radius 3 is 2.78 bits per heavy atom.